The highest BCUT2D eigenvalue weighted by atomic mass is 32.1. The van der Waals surface area contributed by atoms with Crippen LogP contribution in [0.5, 0.6) is 0 Å². The van der Waals surface area contributed by atoms with Crippen molar-refractivity contribution in [2.45, 2.75) is 129 Å². The Bertz CT molecular complexity index is 958. The Morgan fingerprint density at radius 1 is 1.25 bits per heavy atom. The van der Waals surface area contributed by atoms with Crippen molar-refractivity contribution in [3.63, 3.8) is 0 Å². The Balaban J connectivity index is 1.88. The number of aromatic nitrogens is 1. The molecule has 202 valence electrons. The lowest BCUT2D eigenvalue weighted by molar-refractivity contribution is -0.128. The van der Waals surface area contributed by atoms with Gasteiger partial charge in [0.05, 0.1) is 22.3 Å². The summed E-state index contributed by atoms with van der Waals surface area (Å²) in [5.74, 6) is 0.0367. The second-order valence-electron chi connectivity index (χ2n) is 11.9. The van der Waals surface area contributed by atoms with Gasteiger partial charge in [-0.2, -0.15) is 0 Å². The molecule has 1 amide bonds. The van der Waals surface area contributed by atoms with Gasteiger partial charge in [-0.1, -0.05) is 53.4 Å². The number of nitrogens with one attached hydrogen (secondary N) is 1. The van der Waals surface area contributed by atoms with Crippen molar-refractivity contribution in [2.24, 2.45) is 11.3 Å². The number of nitrogens with zero attached hydrogens (tertiary/aromatic N) is 1. The zero-order valence-electron chi connectivity index (χ0n) is 23.0. The van der Waals surface area contributed by atoms with E-state index in [9.17, 15) is 9.59 Å². The van der Waals surface area contributed by atoms with Gasteiger partial charge in [0, 0.05) is 30.1 Å². The molecule has 3 rings (SSSR count). The first kappa shape index (κ1) is 29.0. The molecule has 36 heavy (non-hydrogen) atoms. The largest absolute Gasteiger partial charge is 0.363 e. The van der Waals surface area contributed by atoms with E-state index in [1.165, 1.54) is 17.4 Å². The summed E-state index contributed by atoms with van der Waals surface area (Å²) in [4.78, 5) is 30.3. The minimum Gasteiger partial charge on any atom is -0.363 e. The number of thiazole rings is 1. The van der Waals surface area contributed by atoms with Crippen LogP contribution in [0.1, 0.15) is 116 Å². The van der Waals surface area contributed by atoms with Crippen LogP contribution >= 0.6 is 11.3 Å². The van der Waals surface area contributed by atoms with Gasteiger partial charge in [-0.25, -0.2) is 9.37 Å². The van der Waals surface area contributed by atoms with Gasteiger partial charge in [0.1, 0.15) is 17.2 Å². The number of unbranched alkanes of at least 4 members (excludes halogenated alkanes) is 1. The van der Waals surface area contributed by atoms with Crippen molar-refractivity contribution in [1.82, 2.24) is 10.3 Å². The van der Waals surface area contributed by atoms with E-state index in [4.69, 9.17) is 4.74 Å². The standard InChI is InChI=1S/C29H45FN2O3S/c1-7-8-15-29-18-24(23(30)17-22-19-36-21(3)31-22)32-26(34)13-16-27(4,5)25(33)12-11-20(2)10-9-14-28(29,6)35-29/h17,19-20,24H,7-16,18H2,1-6H3,(H,32,34). The van der Waals surface area contributed by atoms with Crippen LogP contribution in [0.15, 0.2) is 11.2 Å². The molecule has 0 bridgehead atoms. The molecule has 5 nitrogen and oxygen atoms in total. The van der Waals surface area contributed by atoms with Gasteiger partial charge >= 0.3 is 0 Å². The van der Waals surface area contributed by atoms with Crippen LogP contribution in [-0.2, 0) is 14.3 Å². The second kappa shape index (κ2) is 11.8. The fourth-order valence-electron chi connectivity index (χ4n) is 5.54. The van der Waals surface area contributed by atoms with Crippen LogP contribution in [0.3, 0.4) is 0 Å². The van der Waals surface area contributed by atoms with E-state index in [0.717, 1.165) is 50.0 Å². The zero-order chi connectivity index (χ0) is 26.6. The van der Waals surface area contributed by atoms with Gasteiger partial charge in [-0.3, -0.25) is 9.59 Å². The number of fused-ring (bicyclic) bond motifs is 1. The highest BCUT2D eigenvalue weighted by Crippen LogP contribution is 2.57. The third kappa shape index (κ3) is 7.25. The number of amides is 1. The fourth-order valence-corrected chi connectivity index (χ4v) is 6.11. The predicted molar refractivity (Wildman–Crippen MR) is 145 cm³/mol. The van der Waals surface area contributed by atoms with Gasteiger partial charge in [0.2, 0.25) is 5.91 Å². The molecule has 4 unspecified atom stereocenters. The van der Waals surface area contributed by atoms with Crippen LogP contribution < -0.4 is 5.32 Å². The smallest absolute Gasteiger partial charge is 0.220 e. The number of hydrogen-bond acceptors (Lipinski definition) is 5. The van der Waals surface area contributed by atoms with E-state index in [1.807, 2.05) is 26.2 Å². The molecule has 1 aromatic heterocycles. The molecule has 1 aromatic rings. The van der Waals surface area contributed by atoms with Crippen LogP contribution in [0.25, 0.3) is 6.08 Å². The van der Waals surface area contributed by atoms with Crippen molar-refractivity contribution in [1.29, 1.82) is 0 Å². The molecule has 3 heterocycles. The van der Waals surface area contributed by atoms with Crippen molar-refractivity contribution >= 4 is 29.1 Å². The third-order valence-electron chi connectivity index (χ3n) is 8.35. The zero-order valence-corrected chi connectivity index (χ0v) is 23.9. The van der Waals surface area contributed by atoms with E-state index in [0.29, 0.717) is 30.9 Å². The summed E-state index contributed by atoms with van der Waals surface area (Å²) in [5, 5.41) is 5.66. The molecule has 7 heteroatoms. The van der Waals surface area contributed by atoms with Gasteiger partial charge < -0.3 is 10.1 Å². The molecule has 0 spiro atoms. The van der Waals surface area contributed by atoms with Gasteiger partial charge in [0.25, 0.3) is 0 Å². The first-order valence-corrected chi connectivity index (χ1v) is 14.6. The van der Waals surface area contributed by atoms with Crippen molar-refractivity contribution in [2.75, 3.05) is 0 Å². The monoisotopic (exact) mass is 520 g/mol. The second-order valence-corrected chi connectivity index (χ2v) is 13.0. The molecule has 0 aromatic carbocycles. The number of epoxide rings is 1. The number of hydrogen-bond donors (Lipinski definition) is 1. The normalized spacial score (nSPS) is 32.6. The molecular weight excluding hydrogens is 475 g/mol. The molecule has 2 fully saturated rings. The maximum absolute atomic E-state index is 15.7. The van der Waals surface area contributed by atoms with Crippen molar-refractivity contribution in [3.8, 4) is 0 Å². The third-order valence-corrected chi connectivity index (χ3v) is 9.14. The molecular formula is C29H45FN2O3S. The minimum absolute atomic E-state index is 0.188. The van der Waals surface area contributed by atoms with E-state index >= 15 is 4.39 Å². The van der Waals surface area contributed by atoms with Gasteiger partial charge in [0.15, 0.2) is 0 Å². The minimum atomic E-state index is -0.788. The first-order chi connectivity index (χ1) is 16.9. The molecule has 2 saturated heterocycles. The van der Waals surface area contributed by atoms with E-state index in [2.05, 4.69) is 31.1 Å². The molecule has 0 aliphatic carbocycles. The summed E-state index contributed by atoms with van der Waals surface area (Å²) in [6.45, 7) is 12.2. The molecule has 0 saturated carbocycles. The first-order valence-electron chi connectivity index (χ1n) is 13.7. The van der Waals surface area contributed by atoms with Gasteiger partial charge in [-0.05, 0) is 51.5 Å². The lowest BCUT2D eigenvalue weighted by Crippen LogP contribution is -2.41. The van der Waals surface area contributed by atoms with Gasteiger partial charge in [-0.15, -0.1) is 11.3 Å². The number of ketones is 1. The molecule has 2 aliphatic rings. The molecule has 4 atom stereocenters. The number of carbonyl (C=O) groups is 2. The average molecular weight is 521 g/mol. The fraction of sp³-hybridized carbons (Fsp3) is 0.759. The summed E-state index contributed by atoms with van der Waals surface area (Å²) in [6.07, 6.45) is 9.74. The topological polar surface area (TPSA) is 71.6 Å². The van der Waals surface area contributed by atoms with Crippen LogP contribution in [-0.4, -0.2) is 33.9 Å². The highest BCUT2D eigenvalue weighted by molar-refractivity contribution is 7.09. The molecule has 1 N–H and O–H groups in total. The Kier molecular flexibility index (Phi) is 9.53. The van der Waals surface area contributed by atoms with E-state index in [-0.39, 0.29) is 23.7 Å². The maximum Gasteiger partial charge on any atom is 0.220 e. The number of aryl methyl sites for hydroxylation is 1. The van der Waals surface area contributed by atoms with Crippen LogP contribution in [0.4, 0.5) is 4.39 Å². The lowest BCUT2D eigenvalue weighted by Gasteiger charge is -2.27. The van der Waals surface area contributed by atoms with Crippen molar-refractivity contribution in [3.05, 3.63) is 21.9 Å². The predicted octanol–water partition coefficient (Wildman–Crippen LogP) is 7.33. The SMILES string of the molecule is CCCCC12CC(C(F)=Cc3csc(C)n3)NC(=O)CCC(C)(C)C(=O)CCC(C)CCCC1(C)O2. The number of rotatable bonds is 5. The van der Waals surface area contributed by atoms with E-state index in [1.54, 1.807) is 0 Å². The summed E-state index contributed by atoms with van der Waals surface area (Å²) in [6, 6.07) is -0.788. The number of carbonyl (C=O) groups excluding carboxylic acids is 2. The Labute approximate surface area is 220 Å². The molecule has 2 aliphatic heterocycles. The quantitative estimate of drug-likeness (QED) is 0.413. The van der Waals surface area contributed by atoms with Crippen LogP contribution in [0.2, 0.25) is 0 Å². The number of Topliss-reactive ketones (excluding diaryl/α,β-unsaturated/α-hetero) is 1. The Hall–Kier alpha value is -1.60. The highest BCUT2D eigenvalue weighted by Gasteiger charge is 2.65. The Morgan fingerprint density at radius 2 is 2.00 bits per heavy atom. The van der Waals surface area contributed by atoms with E-state index < -0.39 is 22.9 Å². The maximum atomic E-state index is 15.7. The Morgan fingerprint density at radius 3 is 2.67 bits per heavy atom. The summed E-state index contributed by atoms with van der Waals surface area (Å²) >= 11 is 1.47. The summed E-state index contributed by atoms with van der Waals surface area (Å²) in [7, 11) is 0. The average Bonchev–Trinajstić information content (AvgIpc) is 3.14. The molecule has 0 radical (unpaired) electrons. The summed E-state index contributed by atoms with van der Waals surface area (Å²) in [5.41, 5.74) is -0.771. The number of halogens is 1. The van der Waals surface area contributed by atoms with Crippen molar-refractivity contribution < 1.29 is 18.7 Å². The summed E-state index contributed by atoms with van der Waals surface area (Å²) < 4.78 is 22.2. The van der Waals surface area contributed by atoms with Crippen LogP contribution in [0, 0.1) is 18.3 Å². The number of ether oxygens (including phenoxy) is 1. The lowest BCUT2D eigenvalue weighted by atomic mass is 9.78.